The second-order valence-corrected chi connectivity index (χ2v) is 6.72. The molecule has 0 aliphatic carbocycles. The zero-order valence-corrected chi connectivity index (χ0v) is 16.2. The van der Waals surface area contributed by atoms with E-state index in [9.17, 15) is 25.0 Å². The molecule has 3 rings (SSSR count). The highest BCUT2D eigenvalue weighted by atomic mass is 35.5. The zero-order valence-electron chi connectivity index (χ0n) is 15.4. The van der Waals surface area contributed by atoms with Gasteiger partial charge in [-0.25, -0.2) is 0 Å². The van der Waals surface area contributed by atoms with E-state index in [1.807, 2.05) is 4.90 Å². The Labute approximate surface area is 170 Å². The van der Waals surface area contributed by atoms with E-state index in [2.05, 4.69) is 0 Å². The average Bonchev–Trinajstić information content (AvgIpc) is 2.73. The van der Waals surface area contributed by atoms with E-state index in [0.29, 0.717) is 37.6 Å². The minimum Gasteiger partial charge on any atom is -0.496 e. The van der Waals surface area contributed by atoms with Gasteiger partial charge in [-0.15, -0.1) is 0 Å². The van der Waals surface area contributed by atoms with Gasteiger partial charge in [0.05, 0.1) is 23.0 Å². The van der Waals surface area contributed by atoms with Crippen LogP contribution in [-0.2, 0) is 0 Å². The van der Waals surface area contributed by atoms with E-state index in [-0.39, 0.29) is 27.9 Å². The van der Waals surface area contributed by atoms with Gasteiger partial charge in [-0.1, -0.05) is 11.6 Å². The number of carbonyl (C=O) groups is 1. The Balaban J connectivity index is 1.74. The Morgan fingerprint density at radius 2 is 1.66 bits per heavy atom. The summed E-state index contributed by atoms with van der Waals surface area (Å²) in [5, 5.41) is 22.4. The summed E-state index contributed by atoms with van der Waals surface area (Å²) in [7, 11) is 1.43. The van der Waals surface area contributed by atoms with Crippen LogP contribution in [0.25, 0.3) is 0 Å². The van der Waals surface area contributed by atoms with Gasteiger partial charge in [-0.2, -0.15) is 0 Å². The van der Waals surface area contributed by atoms with E-state index in [1.54, 1.807) is 17.0 Å². The highest BCUT2D eigenvalue weighted by molar-refractivity contribution is 6.32. The summed E-state index contributed by atoms with van der Waals surface area (Å²) in [4.78, 5) is 37.4. The summed E-state index contributed by atoms with van der Waals surface area (Å²) < 4.78 is 5.05. The third kappa shape index (κ3) is 4.21. The maximum atomic E-state index is 12.7. The van der Waals surface area contributed by atoms with E-state index >= 15 is 0 Å². The lowest BCUT2D eigenvalue weighted by atomic mass is 10.1. The summed E-state index contributed by atoms with van der Waals surface area (Å²) in [5.41, 5.74) is 0.220. The molecular weight excluding hydrogens is 404 g/mol. The molecule has 152 valence electrons. The fraction of sp³-hybridized carbons (Fsp3) is 0.278. The van der Waals surface area contributed by atoms with Gasteiger partial charge in [0.1, 0.15) is 16.5 Å². The van der Waals surface area contributed by atoms with Gasteiger partial charge in [0.25, 0.3) is 17.3 Å². The predicted octanol–water partition coefficient (Wildman–Crippen LogP) is 3.13. The first-order chi connectivity index (χ1) is 13.8. The fourth-order valence-electron chi connectivity index (χ4n) is 3.16. The summed E-state index contributed by atoms with van der Waals surface area (Å²) in [5.74, 6) is 0.0345. The molecule has 11 heteroatoms. The van der Waals surface area contributed by atoms with Crippen LogP contribution in [0.15, 0.2) is 36.4 Å². The smallest absolute Gasteiger partial charge is 0.296 e. The van der Waals surface area contributed by atoms with Gasteiger partial charge in [0, 0.05) is 37.8 Å². The number of hydrogen-bond acceptors (Lipinski definition) is 7. The maximum absolute atomic E-state index is 12.7. The van der Waals surface area contributed by atoms with Crippen molar-refractivity contribution in [2.24, 2.45) is 0 Å². The number of hydrogen-bond donors (Lipinski definition) is 0. The first-order valence-electron chi connectivity index (χ1n) is 8.62. The largest absolute Gasteiger partial charge is 0.496 e. The summed E-state index contributed by atoms with van der Waals surface area (Å²) in [6.45, 7) is 1.40. The van der Waals surface area contributed by atoms with Gasteiger partial charge < -0.3 is 14.5 Å². The molecule has 1 saturated heterocycles. The minimum atomic E-state index is -0.639. The molecule has 0 atom stereocenters. The minimum absolute atomic E-state index is 0.0387. The van der Waals surface area contributed by atoms with Gasteiger partial charge in [0.2, 0.25) is 0 Å². The van der Waals surface area contributed by atoms with Crippen LogP contribution in [0.5, 0.6) is 5.75 Å². The third-order valence-electron chi connectivity index (χ3n) is 4.68. The highest BCUT2D eigenvalue weighted by Gasteiger charge is 2.27. The molecule has 0 spiro atoms. The highest BCUT2D eigenvalue weighted by Crippen LogP contribution is 2.33. The van der Waals surface area contributed by atoms with Crippen LogP contribution in [0, 0.1) is 20.2 Å². The molecule has 2 aromatic rings. The molecule has 0 aromatic heterocycles. The Bertz CT molecular complexity index is 975. The fourth-order valence-corrected chi connectivity index (χ4v) is 3.35. The second-order valence-electron chi connectivity index (χ2n) is 6.31. The number of carbonyl (C=O) groups excluding carboxylic acids is 1. The van der Waals surface area contributed by atoms with Crippen molar-refractivity contribution in [3.8, 4) is 5.75 Å². The summed E-state index contributed by atoms with van der Waals surface area (Å²) in [6.07, 6.45) is 0. The topological polar surface area (TPSA) is 119 Å². The van der Waals surface area contributed by atoms with Crippen molar-refractivity contribution in [1.82, 2.24) is 4.90 Å². The van der Waals surface area contributed by atoms with Crippen molar-refractivity contribution in [3.05, 3.63) is 67.2 Å². The molecule has 0 unspecified atom stereocenters. The number of halogens is 1. The molecule has 1 aliphatic rings. The number of rotatable bonds is 5. The van der Waals surface area contributed by atoms with E-state index in [4.69, 9.17) is 16.3 Å². The number of nitrogens with zero attached hydrogens (tertiary/aromatic N) is 4. The molecule has 1 heterocycles. The first kappa shape index (κ1) is 20.3. The van der Waals surface area contributed by atoms with Gasteiger partial charge >= 0.3 is 0 Å². The molecule has 1 fully saturated rings. The molecule has 0 N–H and O–H groups in total. The van der Waals surface area contributed by atoms with Gasteiger partial charge in [-0.05, 0) is 24.3 Å². The lowest BCUT2D eigenvalue weighted by Crippen LogP contribution is -2.49. The standard InChI is InChI=1S/C18H17ClN4O6/c1-29-13-3-5-15(17(11-13)23(27)28)20-6-8-21(9-7-20)18(24)12-2-4-14(19)16(10-12)22(25)26/h2-5,10-11H,6-9H2,1H3. The molecule has 1 amide bonds. The number of benzene rings is 2. The SMILES string of the molecule is COc1ccc(N2CCN(C(=O)c3ccc(Cl)c([N+](=O)[O-])c3)CC2)c([N+](=O)[O-])c1. The Hall–Kier alpha value is -3.40. The monoisotopic (exact) mass is 420 g/mol. The van der Waals surface area contributed by atoms with Crippen molar-refractivity contribution in [3.63, 3.8) is 0 Å². The summed E-state index contributed by atoms with van der Waals surface area (Å²) in [6, 6.07) is 8.55. The third-order valence-corrected chi connectivity index (χ3v) is 5.00. The van der Waals surface area contributed by atoms with E-state index < -0.39 is 9.85 Å². The van der Waals surface area contributed by atoms with E-state index in [0.717, 1.165) is 6.07 Å². The van der Waals surface area contributed by atoms with Gasteiger partial charge in [0.15, 0.2) is 0 Å². The first-order valence-corrected chi connectivity index (χ1v) is 9.00. The van der Waals surface area contributed by atoms with Crippen molar-refractivity contribution in [2.75, 3.05) is 38.2 Å². The molecule has 2 aromatic carbocycles. The van der Waals surface area contributed by atoms with Crippen molar-refractivity contribution in [2.45, 2.75) is 0 Å². The summed E-state index contributed by atoms with van der Waals surface area (Å²) >= 11 is 5.79. The quantitative estimate of drug-likeness (QED) is 0.538. The molecular formula is C18H17ClN4O6. The number of amides is 1. The predicted molar refractivity (Wildman–Crippen MR) is 106 cm³/mol. The number of nitro groups is 2. The lowest BCUT2D eigenvalue weighted by molar-refractivity contribution is -0.384. The van der Waals surface area contributed by atoms with Crippen molar-refractivity contribution < 1.29 is 19.4 Å². The number of anilines is 1. The van der Waals surface area contributed by atoms with Crippen LogP contribution < -0.4 is 9.64 Å². The van der Waals surface area contributed by atoms with Crippen LogP contribution in [0.4, 0.5) is 17.1 Å². The Morgan fingerprint density at radius 3 is 2.24 bits per heavy atom. The second kappa shape index (κ2) is 8.31. The molecule has 29 heavy (non-hydrogen) atoms. The number of methoxy groups -OCH3 is 1. The van der Waals surface area contributed by atoms with Crippen LogP contribution in [0.3, 0.4) is 0 Å². The Morgan fingerprint density at radius 1 is 1.00 bits per heavy atom. The van der Waals surface area contributed by atoms with Crippen LogP contribution >= 0.6 is 11.6 Å². The lowest BCUT2D eigenvalue weighted by Gasteiger charge is -2.35. The number of piperazine rings is 1. The zero-order chi connectivity index (χ0) is 21.1. The number of ether oxygens (including phenoxy) is 1. The normalized spacial score (nSPS) is 13.9. The average molecular weight is 421 g/mol. The Kier molecular flexibility index (Phi) is 5.83. The van der Waals surface area contributed by atoms with Crippen LogP contribution in [0.2, 0.25) is 5.02 Å². The van der Waals surface area contributed by atoms with Crippen molar-refractivity contribution >= 4 is 34.6 Å². The number of nitro benzene ring substituents is 2. The van der Waals surface area contributed by atoms with Gasteiger partial charge in [-0.3, -0.25) is 25.0 Å². The molecule has 10 nitrogen and oxygen atoms in total. The van der Waals surface area contributed by atoms with E-state index in [1.165, 1.54) is 25.3 Å². The molecule has 0 bridgehead atoms. The molecule has 0 radical (unpaired) electrons. The van der Waals surface area contributed by atoms with Crippen LogP contribution in [-0.4, -0.2) is 53.9 Å². The molecule has 1 aliphatic heterocycles. The van der Waals surface area contributed by atoms with Crippen molar-refractivity contribution in [1.29, 1.82) is 0 Å². The maximum Gasteiger partial charge on any atom is 0.296 e. The van der Waals surface area contributed by atoms with Crippen LogP contribution in [0.1, 0.15) is 10.4 Å². The molecule has 0 saturated carbocycles.